The Hall–Kier alpha value is -1.35. The Bertz CT molecular complexity index is 414. The van der Waals surface area contributed by atoms with Gasteiger partial charge in [0.2, 0.25) is 0 Å². The number of aryl methyl sites for hydroxylation is 3. The highest BCUT2D eigenvalue weighted by Crippen LogP contribution is 2.34. The quantitative estimate of drug-likeness (QED) is 0.845. The van der Waals surface area contributed by atoms with Crippen LogP contribution in [-0.2, 0) is 10.4 Å². The first kappa shape index (κ1) is 13.7. The molecule has 0 spiro atoms. The van der Waals surface area contributed by atoms with Crippen LogP contribution in [0.2, 0.25) is 0 Å². The molecule has 0 fully saturated rings. The van der Waals surface area contributed by atoms with E-state index in [9.17, 15) is 9.90 Å². The minimum Gasteiger partial charge on any atom is -0.481 e. The van der Waals surface area contributed by atoms with Crippen molar-refractivity contribution < 1.29 is 15.0 Å². The maximum atomic E-state index is 10.9. The number of rotatable bonds is 4. The van der Waals surface area contributed by atoms with Crippen LogP contribution >= 0.6 is 0 Å². The number of carboxylic acids is 1. The first-order chi connectivity index (χ1) is 7.80. The van der Waals surface area contributed by atoms with Crippen LogP contribution < -0.4 is 0 Å². The SMILES string of the molecule is CCC(O)(CC(=O)O)c1c(C)cc(C)cc1C. The first-order valence-corrected chi connectivity index (χ1v) is 5.82. The standard InChI is InChI=1S/C14H20O3/c1-5-14(17,8-12(15)16)13-10(3)6-9(2)7-11(13)4/h6-7,17H,5,8H2,1-4H3,(H,15,16). The fourth-order valence-corrected chi connectivity index (χ4v) is 2.55. The molecule has 0 saturated heterocycles. The second-order valence-electron chi connectivity index (χ2n) is 4.73. The molecule has 1 rings (SSSR count). The summed E-state index contributed by atoms with van der Waals surface area (Å²) in [5.41, 5.74) is 2.51. The molecule has 2 N–H and O–H groups in total. The van der Waals surface area contributed by atoms with Crippen molar-refractivity contribution in [3.8, 4) is 0 Å². The summed E-state index contributed by atoms with van der Waals surface area (Å²) in [5, 5.41) is 19.5. The maximum Gasteiger partial charge on any atom is 0.306 e. The number of benzene rings is 1. The summed E-state index contributed by atoms with van der Waals surface area (Å²) in [5.74, 6) is -0.978. The molecule has 0 aromatic heterocycles. The summed E-state index contributed by atoms with van der Waals surface area (Å²) in [4.78, 5) is 10.9. The van der Waals surface area contributed by atoms with E-state index in [1.54, 1.807) is 0 Å². The van der Waals surface area contributed by atoms with Crippen LogP contribution in [0.1, 0.15) is 42.0 Å². The third-order valence-corrected chi connectivity index (χ3v) is 3.17. The summed E-state index contributed by atoms with van der Waals surface area (Å²) in [6.45, 7) is 7.63. The highest BCUT2D eigenvalue weighted by molar-refractivity contribution is 5.69. The van der Waals surface area contributed by atoms with Gasteiger partial charge in [-0.25, -0.2) is 0 Å². The molecule has 0 saturated carbocycles. The number of aliphatic carboxylic acids is 1. The zero-order valence-corrected chi connectivity index (χ0v) is 10.9. The van der Waals surface area contributed by atoms with Gasteiger partial charge in [0.1, 0.15) is 5.60 Å². The van der Waals surface area contributed by atoms with Crippen LogP contribution in [0.3, 0.4) is 0 Å². The van der Waals surface area contributed by atoms with E-state index in [-0.39, 0.29) is 6.42 Å². The maximum absolute atomic E-state index is 10.9. The summed E-state index contributed by atoms with van der Waals surface area (Å²) in [6.07, 6.45) is 0.137. The predicted molar refractivity (Wildman–Crippen MR) is 67.1 cm³/mol. The van der Waals surface area contributed by atoms with Crippen molar-refractivity contribution >= 4 is 5.97 Å². The fourth-order valence-electron chi connectivity index (χ4n) is 2.55. The van der Waals surface area contributed by atoms with Gasteiger partial charge in [0.05, 0.1) is 6.42 Å². The third-order valence-electron chi connectivity index (χ3n) is 3.17. The fraction of sp³-hybridized carbons (Fsp3) is 0.500. The summed E-state index contributed by atoms with van der Waals surface area (Å²) < 4.78 is 0. The molecule has 1 aromatic rings. The topological polar surface area (TPSA) is 57.5 Å². The summed E-state index contributed by atoms with van der Waals surface area (Å²) in [6, 6.07) is 3.95. The molecule has 1 atom stereocenters. The zero-order chi connectivity index (χ0) is 13.2. The predicted octanol–water partition coefficient (Wildman–Crippen LogP) is 2.68. The van der Waals surface area contributed by atoms with Crippen molar-refractivity contribution in [2.75, 3.05) is 0 Å². The van der Waals surface area contributed by atoms with E-state index >= 15 is 0 Å². The Morgan fingerprint density at radius 1 is 1.24 bits per heavy atom. The van der Waals surface area contributed by atoms with Crippen molar-refractivity contribution in [2.24, 2.45) is 0 Å². The molecule has 0 aliphatic heterocycles. The second kappa shape index (κ2) is 4.88. The van der Waals surface area contributed by atoms with Gasteiger partial charge < -0.3 is 10.2 Å². The van der Waals surface area contributed by atoms with Gasteiger partial charge in [0.15, 0.2) is 0 Å². The molecule has 17 heavy (non-hydrogen) atoms. The lowest BCUT2D eigenvalue weighted by Crippen LogP contribution is -2.30. The van der Waals surface area contributed by atoms with Crippen molar-refractivity contribution in [2.45, 2.75) is 46.1 Å². The summed E-state index contributed by atoms with van der Waals surface area (Å²) >= 11 is 0. The van der Waals surface area contributed by atoms with E-state index in [1.165, 1.54) is 0 Å². The molecule has 0 aliphatic carbocycles. The van der Waals surface area contributed by atoms with Gasteiger partial charge in [0.25, 0.3) is 0 Å². The van der Waals surface area contributed by atoms with Crippen LogP contribution in [0.25, 0.3) is 0 Å². The van der Waals surface area contributed by atoms with E-state index in [0.717, 1.165) is 22.3 Å². The lowest BCUT2D eigenvalue weighted by atomic mass is 9.82. The lowest BCUT2D eigenvalue weighted by molar-refractivity contribution is -0.143. The van der Waals surface area contributed by atoms with Crippen LogP contribution in [0.15, 0.2) is 12.1 Å². The minimum absolute atomic E-state index is 0.256. The molecular weight excluding hydrogens is 216 g/mol. The van der Waals surface area contributed by atoms with Crippen LogP contribution in [0.4, 0.5) is 0 Å². The van der Waals surface area contributed by atoms with Gasteiger partial charge in [-0.15, -0.1) is 0 Å². The molecule has 0 bridgehead atoms. The summed E-state index contributed by atoms with van der Waals surface area (Å²) in [7, 11) is 0. The van der Waals surface area contributed by atoms with E-state index < -0.39 is 11.6 Å². The number of hydrogen-bond donors (Lipinski definition) is 2. The van der Waals surface area contributed by atoms with Gasteiger partial charge in [-0.3, -0.25) is 4.79 Å². The molecule has 1 aromatic carbocycles. The average molecular weight is 236 g/mol. The highest BCUT2D eigenvalue weighted by atomic mass is 16.4. The van der Waals surface area contributed by atoms with Crippen LogP contribution in [-0.4, -0.2) is 16.2 Å². The molecule has 0 aliphatic rings. The Morgan fingerprint density at radius 2 is 1.71 bits per heavy atom. The Balaban J connectivity index is 3.34. The molecule has 94 valence electrons. The molecule has 3 nitrogen and oxygen atoms in total. The van der Waals surface area contributed by atoms with Gasteiger partial charge in [-0.1, -0.05) is 24.6 Å². The Kier molecular flexibility index (Phi) is 3.94. The largest absolute Gasteiger partial charge is 0.481 e. The smallest absolute Gasteiger partial charge is 0.306 e. The Labute approximate surface area is 102 Å². The van der Waals surface area contributed by atoms with E-state index in [2.05, 4.69) is 0 Å². The normalized spacial score (nSPS) is 14.4. The van der Waals surface area contributed by atoms with Gasteiger partial charge in [-0.2, -0.15) is 0 Å². The van der Waals surface area contributed by atoms with Crippen molar-refractivity contribution in [1.29, 1.82) is 0 Å². The molecule has 0 heterocycles. The van der Waals surface area contributed by atoms with Crippen molar-refractivity contribution in [3.63, 3.8) is 0 Å². The van der Waals surface area contributed by atoms with Gasteiger partial charge in [-0.05, 0) is 43.9 Å². The monoisotopic (exact) mass is 236 g/mol. The lowest BCUT2D eigenvalue weighted by Gasteiger charge is -2.29. The number of carboxylic acid groups (broad SMARTS) is 1. The van der Waals surface area contributed by atoms with Crippen LogP contribution in [0.5, 0.6) is 0 Å². The minimum atomic E-state index is -1.27. The molecule has 3 heteroatoms. The number of carbonyl (C=O) groups is 1. The molecule has 0 amide bonds. The van der Waals surface area contributed by atoms with E-state index in [1.807, 2.05) is 39.8 Å². The molecular formula is C14H20O3. The van der Waals surface area contributed by atoms with Crippen LogP contribution in [0, 0.1) is 20.8 Å². The van der Waals surface area contributed by atoms with E-state index in [4.69, 9.17) is 5.11 Å². The van der Waals surface area contributed by atoms with Gasteiger partial charge in [0, 0.05) is 0 Å². The Morgan fingerprint density at radius 3 is 2.06 bits per heavy atom. The zero-order valence-electron chi connectivity index (χ0n) is 10.9. The van der Waals surface area contributed by atoms with E-state index in [0.29, 0.717) is 6.42 Å². The first-order valence-electron chi connectivity index (χ1n) is 5.82. The average Bonchev–Trinajstić information content (AvgIpc) is 2.14. The molecule has 1 unspecified atom stereocenters. The number of hydrogen-bond acceptors (Lipinski definition) is 2. The van der Waals surface area contributed by atoms with Crippen molar-refractivity contribution in [3.05, 3.63) is 34.4 Å². The second-order valence-corrected chi connectivity index (χ2v) is 4.73. The third kappa shape index (κ3) is 2.86. The van der Waals surface area contributed by atoms with Crippen molar-refractivity contribution in [1.82, 2.24) is 0 Å². The number of aliphatic hydroxyl groups is 1. The highest BCUT2D eigenvalue weighted by Gasteiger charge is 2.33. The van der Waals surface area contributed by atoms with Gasteiger partial charge >= 0.3 is 5.97 Å². The molecule has 0 radical (unpaired) electrons.